The van der Waals surface area contributed by atoms with Crippen LogP contribution in [-0.4, -0.2) is 18.3 Å². The third-order valence-corrected chi connectivity index (χ3v) is 3.38. The van der Waals surface area contributed by atoms with Gasteiger partial charge in [-0.2, -0.15) is 0 Å². The molecule has 3 heteroatoms. The van der Waals surface area contributed by atoms with E-state index in [0.29, 0.717) is 19.1 Å². The lowest BCUT2D eigenvalue weighted by Gasteiger charge is -2.15. The van der Waals surface area contributed by atoms with Crippen molar-refractivity contribution in [2.45, 2.75) is 25.9 Å². The van der Waals surface area contributed by atoms with Gasteiger partial charge in [0, 0.05) is 25.6 Å². The summed E-state index contributed by atoms with van der Waals surface area (Å²) in [6, 6.07) is 18.8. The van der Waals surface area contributed by atoms with Gasteiger partial charge in [-0.15, -0.1) is 0 Å². The minimum atomic E-state index is 0.163. The molecule has 0 aliphatic rings. The molecule has 2 rings (SSSR count). The number of ether oxygens (including phenoxy) is 1. The summed E-state index contributed by atoms with van der Waals surface area (Å²) >= 11 is 0. The highest BCUT2D eigenvalue weighted by atomic mass is 16.5. The second kappa shape index (κ2) is 8.45. The molecule has 0 fully saturated rings. The molecule has 0 aliphatic carbocycles. The average molecular weight is 285 g/mol. The number of hydrogen-bond acceptors (Lipinski definition) is 3. The van der Waals surface area contributed by atoms with Gasteiger partial charge in [0.25, 0.3) is 0 Å². The largest absolute Gasteiger partial charge is 0.493 e. The van der Waals surface area contributed by atoms with Crippen LogP contribution in [0.5, 0.6) is 5.75 Å². The van der Waals surface area contributed by atoms with Crippen LogP contribution >= 0.6 is 0 Å². The van der Waals surface area contributed by atoms with Gasteiger partial charge in [0.1, 0.15) is 5.75 Å². The molecular formula is C18H23NO2. The average Bonchev–Trinajstić information content (AvgIpc) is 2.54. The molecule has 1 unspecified atom stereocenters. The standard InChI is InChI=1S/C18H23NO2/c1-15(17-8-3-2-4-9-17)19-14-16-7-5-10-18(13-16)21-12-6-11-20/h2-5,7-10,13,15,19-20H,6,11-12,14H2,1H3. The van der Waals surface area contributed by atoms with Crippen molar-refractivity contribution in [3.8, 4) is 5.75 Å². The maximum atomic E-state index is 8.76. The van der Waals surface area contributed by atoms with Crippen molar-refractivity contribution in [1.82, 2.24) is 5.32 Å². The van der Waals surface area contributed by atoms with Crippen LogP contribution in [0.15, 0.2) is 54.6 Å². The molecule has 0 heterocycles. The van der Waals surface area contributed by atoms with Crippen molar-refractivity contribution in [2.75, 3.05) is 13.2 Å². The Labute approximate surface area is 126 Å². The number of benzene rings is 2. The Hall–Kier alpha value is -1.84. The molecule has 0 bridgehead atoms. The number of aliphatic hydroxyl groups is 1. The SMILES string of the molecule is CC(NCc1cccc(OCCCO)c1)c1ccccc1. The van der Waals surface area contributed by atoms with Gasteiger partial charge in [0.05, 0.1) is 6.61 Å². The molecule has 0 amide bonds. The Morgan fingerprint density at radius 3 is 2.67 bits per heavy atom. The Balaban J connectivity index is 1.86. The van der Waals surface area contributed by atoms with E-state index in [9.17, 15) is 0 Å². The van der Waals surface area contributed by atoms with Crippen LogP contribution in [0.2, 0.25) is 0 Å². The summed E-state index contributed by atoms with van der Waals surface area (Å²) in [5, 5.41) is 12.3. The zero-order valence-electron chi connectivity index (χ0n) is 12.5. The summed E-state index contributed by atoms with van der Waals surface area (Å²) in [6.07, 6.45) is 0.660. The van der Waals surface area contributed by atoms with Crippen molar-refractivity contribution in [2.24, 2.45) is 0 Å². The van der Waals surface area contributed by atoms with E-state index in [1.165, 1.54) is 11.1 Å². The smallest absolute Gasteiger partial charge is 0.119 e. The maximum Gasteiger partial charge on any atom is 0.119 e. The lowest BCUT2D eigenvalue weighted by molar-refractivity contribution is 0.233. The number of nitrogens with one attached hydrogen (secondary N) is 1. The van der Waals surface area contributed by atoms with Crippen molar-refractivity contribution in [3.05, 3.63) is 65.7 Å². The molecule has 112 valence electrons. The molecule has 21 heavy (non-hydrogen) atoms. The second-order valence-corrected chi connectivity index (χ2v) is 5.09. The molecule has 0 spiro atoms. The van der Waals surface area contributed by atoms with E-state index in [1.807, 2.05) is 24.3 Å². The first-order valence-corrected chi connectivity index (χ1v) is 7.40. The highest BCUT2D eigenvalue weighted by Gasteiger charge is 2.04. The fourth-order valence-corrected chi connectivity index (χ4v) is 2.13. The fraction of sp³-hybridized carbons (Fsp3) is 0.333. The summed E-state index contributed by atoms with van der Waals surface area (Å²) in [7, 11) is 0. The zero-order valence-corrected chi connectivity index (χ0v) is 12.5. The molecule has 2 aromatic carbocycles. The molecule has 2 aromatic rings. The van der Waals surface area contributed by atoms with E-state index in [1.54, 1.807) is 0 Å². The molecule has 0 saturated heterocycles. The van der Waals surface area contributed by atoms with Crippen molar-refractivity contribution >= 4 is 0 Å². The van der Waals surface area contributed by atoms with Crippen LogP contribution in [0.4, 0.5) is 0 Å². The van der Waals surface area contributed by atoms with Gasteiger partial charge in [-0.1, -0.05) is 42.5 Å². The Kier molecular flexibility index (Phi) is 6.25. The zero-order chi connectivity index (χ0) is 14.9. The molecular weight excluding hydrogens is 262 g/mol. The second-order valence-electron chi connectivity index (χ2n) is 5.09. The van der Waals surface area contributed by atoms with Gasteiger partial charge in [0.2, 0.25) is 0 Å². The van der Waals surface area contributed by atoms with Crippen molar-refractivity contribution in [3.63, 3.8) is 0 Å². The molecule has 0 aliphatic heterocycles. The summed E-state index contributed by atoms with van der Waals surface area (Å²) < 4.78 is 5.59. The number of hydrogen-bond donors (Lipinski definition) is 2. The van der Waals surface area contributed by atoms with Gasteiger partial charge >= 0.3 is 0 Å². The van der Waals surface area contributed by atoms with Crippen LogP contribution in [-0.2, 0) is 6.54 Å². The summed E-state index contributed by atoms with van der Waals surface area (Å²) in [4.78, 5) is 0. The van der Waals surface area contributed by atoms with E-state index in [0.717, 1.165) is 12.3 Å². The van der Waals surface area contributed by atoms with Crippen molar-refractivity contribution < 1.29 is 9.84 Å². The normalized spacial score (nSPS) is 12.1. The van der Waals surface area contributed by atoms with E-state index in [-0.39, 0.29) is 6.61 Å². The highest BCUT2D eigenvalue weighted by Crippen LogP contribution is 2.16. The van der Waals surface area contributed by atoms with E-state index in [2.05, 4.69) is 42.6 Å². The summed E-state index contributed by atoms with van der Waals surface area (Å²) in [6.45, 7) is 3.67. The van der Waals surface area contributed by atoms with Crippen molar-refractivity contribution in [1.29, 1.82) is 0 Å². The lowest BCUT2D eigenvalue weighted by Crippen LogP contribution is -2.18. The topological polar surface area (TPSA) is 41.5 Å². The van der Waals surface area contributed by atoms with Gasteiger partial charge in [-0.05, 0) is 30.2 Å². The van der Waals surface area contributed by atoms with Gasteiger partial charge in [-0.25, -0.2) is 0 Å². The quantitative estimate of drug-likeness (QED) is 0.731. The summed E-state index contributed by atoms with van der Waals surface area (Å²) in [5.74, 6) is 0.857. The molecule has 1 atom stereocenters. The first-order valence-electron chi connectivity index (χ1n) is 7.40. The Morgan fingerprint density at radius 1 is 1.10 bits per heavy atom. The predicted octanol–water partition coefficient (Wildman–Crippen LogP) is 3.30. The monoisotopic (exact) mass is 285 g/mol. The molecule has 0 radical (unpaired) electrons. The lowest BCUT2D eigenvalue weighted by atomic mass is 10.1. The molecule has 0 saturated carbocycles. The van der Waals surface area contributed by atoms with Crippen LogP contribution in [0.25, 0.3) is 0 Å². The number of rotatable bonds is 8. The van der Waals surface area contributed by atoms with Gasteiger partial charge in [0.15, 0.2) is 0 Å². The Bertz CT molecular complexity index is 528. The van der Waals surface area contributed by atoms with Crippen LogP contribution < -0.4 is 10.1 Å². The first kappa shape index (κ1) is 15.5. The minimum absolute atomic E-state index is 0.163. The van der Waals surface area contributed by atoms with Gasteiger partial charge in [-0.3, -0.25) is 0 Å². The fourth-order valence-electron chi connectivity index (χ4n) is 2.13. The number of aliphatic hydroxyl groups excluding tert-OH is 1. The third kappa shape index (κ3) is 5.21. The third-order valence-electron chi connectivity index (χ3n) is 3.38. The minimum Gasteiger partial charge on any atom is -0.493 e. The molecule has 0 aromatic heterocycles. The summed E-state index contributed by atoms with van der Waals surface area (Å²) in [5.41, 5.74) is 2.48. The van der Waals surface area contributed by atoms with E-state index < -0.39 is 0 Å². The predicted molar refractivity (Wildman–Crippen MR) is 85.3 cm³/mol. The molecule has 2 N–H and O–H groups in total. The van der Waals surface area contributed by atoms with E-state index >= 15 is 0 Å². The highest BCUT2D eigenvalue weighted by molar-refractivity contribution is 5.28. The Morgan fingerprint density at radius 2 is 1.90 bits per heavy atom. The van der Waals surface area contributed by atoms with Crippen LogP contribution in [0, 0.1) is 0 Å². The van der Waals surface area contributed by atoms with Crippen LogP contribution in [0.1, 0.15) is 30.5 Å². The first-order chi connectivity index (χ1) is 10.3. The maximum absolute atomic E-state index is 8.76. The molecule has 3 nitrogen and oxygen atoms in total. The van der Waals surface area contributed by atoms with Crippen LogP contribution in [0.3, 0.4) is 0 Å². The van der Waals surface area contributed by atoms with E-state index in [4.69, 9.17) is 9.84 Å². The van der Waals surface area contributed by atoms with Gasteiger partial charge < -0.3 is 15.2 Å².